The van der Waals surface area contributed by atoms with E-state index in [1.54, 1.807) is 0 Å². The van der Waals surface area contributed by atoms with Gasteiger partial charge in [0.1, 0.15) is 5.76 Å². The third kappa shape index (κ3) is 5.29. The summed E-state index contributed by atoms with van der Waals surface area (Å²) in [6, 6.07) is 6.02. The summed E-state index contributed by atoms with van der Waals surface area (Å²) in [5.41, 5.74) is 3.08. The van der Waals surface area contributed by atoms with E-state index in [1.165, 1.54) is 0 Å². The average Bonchev–Trinajstić information content (AvgIpc) is 2.40. The van der Waals surface area contributed by atoms with Crippen molar-refractivity contribution in [3.63, 3.8) is 0 Å². The molecule has 0 amide bonds. The first-order valence-corrected chi connectivity index (χ1v) is 7.12. The summed E-state index contributed by atoms with van der Waals surface area (Å²) in [7, 11) is 0. The van der Waals surface area contributed by atoms with E-state index in [4.69, 9.17) is 10.1 Å². The number of rotatable bonds is 4. The van der Waals surface area contributed by atoms with Crippen LogP contribution in [0.4, 0.5) is 0 Å². The van der Waals surface area contributed by atoms with Gasteiger partial charge in [0.2, 0.25) is 5.90 Å². The molecule has 0 heterocycles. The molecule has 0 aliphatic heterocycles. The fourth-order valence-electron chi connectivity index (χ4n) is 1.84. The number of ether oxygens (including phenoxy) is 1. The van der Waals surface area contributed by atoms with Crippen molar-refractivity contribution in [3.8, 4) is 0 Å². The highest BCUT2D eigenvalue weighted by atomic mass is 16.5. The Bertz CT molecular complexity index is 413. The lowest BCUT2D eigenvalue weighted by Gasteiger charge is -2.13. The highest BCUT2D eigenvalue weighted by Gasteiger charge is 2.10. The van der Waals surface area contributed by atoms with Crippen molar-refractivity contribution in [1.82, 2.24) is 0 Å². The molecular formula is C17H27NO. The normalized spacial score (nSPS) is 10.5. The first kappa shape index (κ1) is 17.4. The number of nitrogens with one attached hydrogen (secondary N) is 1. The molecule has 0 aliphatic rings. The molecule has 1 rings (SSSR count). The number of aryl methyl sites for hydroxylation is 2. The Morgan fingerprint density at radius 3 is 2.11 bits per heavy atom. The van der Waals surface area contributed by atoms with Crippen molar-refractivity contribution in [2.75, 3.05) is 0 Å². The lowest BCUT2D eigenvalue weighted by molar-refractivity contribution is 0.394. The molecule has 0 saturated heterocycles. The second kappa shape index (κ2) is 9.37. The minimum atomic E-state index is 0.252. The Hall–Kier alpha value is -1.57. The molecule has 0 unspecified atom stereocenters. The van der Waals surface area contributed by atoms with E-state index in [1.807, 2.05) is 58.9 Å². The van der Waals surface area contributed by atoms with Crippen LogP contribution in [0.1, 0.15) is 57.2 Å². The van der Waals surface area contributed by atoms with E-state index >= 15 is 0 Å². The SMILES string of the molecule is CC.CC/C=C(\CC)OC(=N)c1c(C)cccc1C. The standard InChI is InChI=1S/C15H21NO.C2H6/c1-5-8-13(6-2)17-15(16)14-11(3)9-7-10-12(14)4;1-2/h7-10,16H,5-6H2,1-4H3;1-2H3/b13-8+,16-15?;. The van der Waals surface area contributed by atoms with Crippen molar-refractivity contribution in [2.24, 2.45) is 0 Å². The highest BCUT2D eigenvalue weighted by Crippen LogP contribution is 2.17. The molecule has 0 spiro atoms. The molecule has 1 aromatic rings. The molecule has 106 valence electrons. The molecule has 19 heavy (non-hydrogen) atoms. The molecule has 1 aromatic carbocycles. The predicted octanol–water partition coefficient (Wildman–Crippen LogP) is 5.38. The van der Waals surface area contributed by atoms with Crippen molar-refractivity contribution in [3.05, 3.63) is 46.7 Å². The molecule has 0 atom stereocenters. The largest absolute Gasteiger partial charge is 0.444 e. The fourth-order valence-corrected chi connectivity index (χ4v) is 1.84. The molecule has 0 bridgehead atoms. The van der Waals surface area contributed by atoms with E-state index in [9.17, 15) is 0 Å². The zero-order valence-corrected chi connectivity index (χ0v) is 13.1. The van der Waals surface area contributed by atoms with Gasteiger partial charge in [-0.2, -0.15) is 0 Å². The first-order chi connectivity index (χ1) is 9.10. The van der Waals surface area contributed by atoms with Gasteiger partial charge >= 0.3 is 0 Å². The predicted molar refractivity (Wildman–Crippen MR) is 83.8 cm³/mol. The number of hydrogen-bond donors (Lipinski definition) is 1. The summed E-state index contributed by atoms with van der Waals surface area (Å²) in [5.74, 6) is 1.13. The molecule has 1 N–H and O–H groups in total. The molecular weight excluding hydrogens is 234 g/mol. The number of allylic oxidation sites excluding steroid dienone is 2. The Labute approximate surface area is 118 Å². The zero-order chi connectivity index (χ0) is 14.8. The van der Waals surface area contributed by atoms with Crippen LogP contribution < -0.4 is 0 Å². The van der Waals surface area contributed by atoms with E-state index in [0.29, 0.717) is 0 Å². The van der Waals surface area contributed by atoms with E-state index in [-0.39, 0.29) is 5.90 Å². The lowest BCUT2D eigenvalue weighted by Crippen LogP contribution is -2.09. The number of benzene rings is 1. The molecule has 0 aromatic heterocycles. The Balaban J connectivity index is 0.00000154. The van der Waals surface area contributed by atoms with Crippen LogP contribution in [0.15, 0.2) is 30.0 Å². The minimum Gasteiger partial charge on any atom is -0.444 e. The van der Waals surface area contributed by atoms with Crippen LogP contribution >= 0.6 is 0 Å². The maximum Gasteiger partial charge on any atom is 0.219 e. The second-order valence-electron chi connectivity index (χ2n) is 4.13. The van der Waals surface area contributed by atoms with Crippen molar-refractivity contribution < 1.29 is 4.74 Å². The maximum absolute atomic E-state index is 8.06. The van der Waals surface area contributed by atoms with Crippen LogP contribution in [-0.2, 0) is 4.74 Å². The summed E-state index contributed by atoms with van der Waals surface area (Å²) in [6.45, 7) is 12.1. The summed E-state index contributed by atoms with van der Waals surface area (Å²) < 4.78 is 5.63. The van der Waals surface area contributed by atoms with E-state index in [0.717, 1.165) is 35.3 Å². The topological polar surface area (TPSA) is 33.1 Å². The smallest absolute Gasteiger partial charge is 0.219 e. The van der Waals surface area contributed by atoms with Gasteiger partial charge in [0, 0.05) is 12.0 Å². The summed E-state index contributed by atoms with van der Waals surface area (Å²) in [4.78, 5) is 0. The van der Waals surface area contributed by atoms with Gasteiger partial charge in [0.25, 0.3) is 0 Å². The Morgan fingerprint density at radius 1 is 1.16 bits per heavy atom. The second-order valence-corrected chi connectivity index (χ2v) is 4.13. The van der Waals surface area contributed by atoms with E-state index in [2.05, 4.69) is 6.92 Å². The van der Waals surface area contributed by atoms with Crippen molar-refractivity contribution >= 4 is 5.90 Å². The van der Waals surface area contributed by atoms with Crippen LogP contribution in [0.3, 0.4) is 0 Å². The highest BCUT2D eigenvalue weighted by molar-refractivity contribution is 5.95. The molecule has 0 saturated carbocycles. The van der Waals surface area contributed by atoms with Crippen LogP contribution in [0.2, 0.25) is 0 Å². The van der Waals surface area contributed by atoms with Crippen LogP contribution in [0.5, 0.6) is 0 Å². The third-order valence-corrected chi connectivity index (χ3v) is 2.72. The molecule has 2 heteroatoms. The molecule has 2 nitrogen and oxygen atoms in total. The van der Waals surface area contributed by atoms with Gasteiger partial charge in [-0.1, -0.05) is 45.9 Å². The van der Waals surface area contributed by atoms with Gasteiger partial charge in [0.15, 0.2) is 0 Å². The van der Waals surface area contributed by atoms with Gasteiger partial charge in [-0.05, 0) is 37.5 Å². The minimum absolute atomic E-state index is 0.252. The monoisotopic (exact) mass is 261 g/mol. The maximum atomic E-state index is 8.06. The van der Waals surface area contributed by atoms with E-state index < -0.39 is 0 Å². The van der Waals surface area contributed by atoms with Crippen molar-refractivity contribution in [2.45, 2.75) is 54.4 Å². The van der Waals surface area contributed by atoms with Crippen LogP contribution in [-0.4, -0.2) is 5.90 Å². The summed E-state index contributed by atoms with van der Waals surface area (Å²) >= 11 is 0. The lowest BCUT2D eigenvalue weighted by atomic mass is 10.0. The molecule has 0 aliphatic carbocycles. The quantitative estimate of drug-likeness (QED) is 0.441. The molecule has 0 radical (unpaired) electrons. The fraction of sp³-hybridized carbons (Fsp3) is 0.471. The Kier molecular flexibility index (Phi) is 8.60. The first-order valence-electron chi connectivity index (χ1n) is 7.12. The summed E-state index contributed by atoms with van der Waals surface area (Å²) in [5, 5.41) is 8.06. The number of hydrogen-bond acceptors (Lipinski definition) is 2. The molecule has 0 fully saturated rings. The van der Waals surface area contributed by atoms with Gasteiger partial charge in [0.05, 0.1) is 0 Å². The van der Waals surface area contributed by atoms with Crippen LogP contribution in [0, 0.1) is 19.3 Å². The zero-order valence-electron chi connectivity index (χ0n) is 13.1. The van der Waals surface area contributed by atoms with Gasteiger partial charge in [-0.15, -0.1) is 0 Å². The summed E-state index contributed by atoms with van der Waals surface area (Å²) in [6.07, 6.45) is 3.78. The Morgan fingerprint density at radius 2 is 1.68 bits per heavy atom. The third-order valence-electron chi connectivity index (χ3n) is 2.72. The average molecular weight is 261 g/mol. The van der Waals surface area contributed by atoms with Crippen molar-refractivity contribution in [1.29, 1.82) is 5.41 Å². The van der Waals surface area contributed by atoms with Gasteiger partial charge < -0.3 is 4.74 Å². The van der Waals surface area contributed by atoms with Gasteiger partial charge in [-0.3, -0.25) is 5.41 Å². The van der Waals surface area contributed by atoms with Gasteiger partial charge in [-0.25, -0.2) is 0 Å². The van der Waals surface area contributed by atoms with Crippen LogP contribution in [0.25, 0.3) is 0 Å².